The average Bonchev–Trinajstić information content (AvgIpc) is 2.97. The molecular formula is C18H17FN2O2. The van der Waals surface area contributed by atoms with Gasteiger partial charge in [0.2, 0.25) is 5.91 Å². The van der Waals surface area contributed by atoms with Gasteiger partial charge in [0.05, 0.1) is 0 Å². The molecular weight excluding hydrogens is 295 g/mol. The Morgan fingerprint density at radius 2 is 1.91 bits per heavy atom. The Morgan fingerprint density at radius 1 is 1.17 bits per heavy atom. The van der Waals surface area contributed by atoms with E-state index in [2.05, 4.69) is 5.32 Å². The van der Waals surface area contributed by atoms with Gasteiger partial charge in [-0.1, -0.05) is 6.07 Å². The number of halogens is 1. The molecule has 0 unspecified atom stereocenters. The molecule has 0 saturated carbocycles. The molecule has 3 rings (SSSR count). The number of aryl methyl sites for hydroxylation is 1. The molecule has 0 aliphatic carbocycles. The first-order valence-electron chi connectivity index (χ1n) is 7.52. The van der Waals surface area contributed by atoms with Crippen molar-refractivity contribution in [3.8, 4) is 0 Å². The molecule has 1 aliphatic rings. The van der Waals surface area contributed by atoms with Crippen molar-refractivity contribution in [2.24, 2.45) is 0 Å². The first kappa shape index (κ1) is 15.2. The predicted octanol–water partition coefficient (Wildman–Crippen LogP) is 3.51. The Hall–Kier alpha value is -2.69. The van der Waals surface area contributed by atoms with E-state index in [4.69, 9.17) is 0 Å². The Labute approximate surface area is 133 Å². The Kier molecular flexibility index (Phi) is 4.10. The summed E-state index contributed by atoms with van der Waals surface area (Å²) in [7, 11) is 0. The van der Waals surface area contributed by atoms with Gasteiger partial charge >= 0.3 is 0 Å². The molecule has 1 fully saturated rings. The summed E-state index contributed by atoms with van der Waals surface area (Å²) in [5.74, 6) is -0.593. The molecule has 2 aromatic carbocycles. The van der Waals surface area contributed by atoms with Crippen LogP contribution in [0.3, 0.4) is 0 Å². The number of hydrogen-bond donors (Lipinski definition) is 1. The average molecular weight is 312 g/mol. The minimum Gasteiger partial charge on any atom is -0.322 e. The second kappa shape index (κ2) is 6.20. The van der Waals surface area contributed by atoms with E-state index in [1.54, 1.807) is 42.2 Å². The maximum atomic E-state index is 13.3. The van der Waals surface area contributed by atoms with Crippen LogP contribution in [-0.2, 0) is 4.79 Å². The van der Waals surface area contributed by atoms with E-state index in [9.17, 15) is 14.0 Å². The fraction of sp³-hybridized carbons (Fsp3) is 0.222. The van der Waals surface area contributed by atoms with Crippen molar-refractivity contribution in [3.05, 3.63) is 59.4 Å². The van der Waals surface area contributed by atoms with Crippen molar-refractivity contribution in [2.75, 3.05) is 16.8 Å². The van der Waals surface area contributed by atoms with Crippen LogP contribution in [0.2, 0.25) is 0 Å². The van der Waals surface area contributed by atoms with E-state index in [-0.39, 0.29) is 11.8 Å². The molecule has 4 nitrogen and oxygen atoms in total. The Bertz CT molecular complexity index is 756. The van der Waals surface area contributed by atoms with Gasteiger partial charge in [0.15, 0.2) is 0 Å². The zero-order valence-electron chi connectivity index (χ0n) is 12.8. The van der Waals surface area contributed by atoms with Crippen LogP contribution < -0.4 is 10.2 Å². The molecule has 0 spiro atoms. The van der Waals surface area contributed by atoms with Gasteiger partial charge in [-0.3, -0.25) is 9.59 Å². The molecule has 1 aliphatic heterocycles. The summed E-state index contributed by atoms with van der Waals surface area (Å²) >= 11 is 0. The van der Waals surface area contributed by atoms with Crippen LogP contribution in [0.15, 0.2) is 42.5 Å². The van der Waals surface area contributed by atoms with Gasteiger partial charge in [0.25, 0.3) is 5.91 Å². The third-order valence-electron chi connectivity index (χ3n) is 3.96. The summed E-state index contributed by atoms with van der Waals surface area (Å²) in [6, 6.07) is 11.1. The summed E-state index contributed by atoms with van der Waals surface area (Å²) in [6.07, 6.45) is 1.43. The predicted molar refractivity (Wildman–Crippen MR) is 87.1 cm³/mol. The van der Waals surface area contributed by atoms with Crippen LogP contribution in [0.5, 0.6) is 0 Å². The smallest absolute Gasteiger partial charge is 0.255 e. The summed E-state index contributed by atoms with van der Waals surface area (Å²) in [4.78, 5) is 25.7. The number of nitrogens with one attached hydrogen (secondary N) is 1. The van der Waals surface area contributed by atoms with Crippen molar-refractivity contribution in [2.45, 2.75) is 19.8 Å². The van der Waals surface area contributed by atoms with Gasteiger partial charge < -0.3 is 10.2 Å². The number of anilines is 2. The summed E-state index contributed by atoms with van der Waals surface area (Å²) < 4.78 is 13.3. The van der Waals surface area contributed by atoms with Crippen molar-refractivity contribution < 1.29 is 14.0 Å². The lowest BCUT2D eigenvalue weighted by atomic mass is 10.1. The number of hydrogen-bond acceptors (Lipinski definition) is 2. The lowest BCUT2D eigenvalue weighted by Crippen LogP contribution is -2.23. The van der Waals surface area contributed by atoms with Crippen molar-refractivity contribution in [3.63, 3.8) is 0 Å². The molecule has 2 aromatic rings. The van der Waals surface area contributed by atoms with E-state index in [1.165, 1.54) is 12.1 Å². The number of benzene rings is 2. The number of carbonyl (C=O) groups excluding carboxylic acids is 2. The van der Waals surface area contributed by atoms with Crippen LogP contribution in [0.1, 0.15) is 28.8 Å². The molecule has 5 heteroatoms. The van der Waals surface area contributed by atoms with Gasteiger partial charge in [-0.25, -0.2) is 4.39 Å². The van der Waals surface area contributed by atoms with Crippen molar-refractivity contribution in [1.82, 2.24) is 0 Å². The minimum absolute atomic E-state index is 0.109. The van der Waals surface area contributed by atoms with Gasteiger partial charge in [-0.15, -0.1) is 0 Å². The van der Waals surface area contributed by atoms with E-state index < -0.39 is 5.82 Å². The summed E-state index contributed by atoms with van der Waals surface area (Å²) in [5.41, 5.74) is 2.50. The molecule has 118 valence electrons. The van der Waals surface area contributed by atoms with Crippen LogP contribution in [0.25, 0.3) is 0 Å². The highest BCUT2D eigenvalue weighted by atomic mass is 19.1. The first-order chi connectivity index (χ1) is 11.0. The topological polar surface area (TPSA) is 49.4 Å². The maximum absolute atomic E-state index is 13.3. The molecule has 0 atom stereocenters. The molecule has 2 amide bonds. The molecule has 0 bridgehead atoms. The number of amides is 2. The lowest BCUT2D eigenvalue weighted by Gasteiger charge is -2.16. The van der Waals surface area contributed by atoms with Crippen LogP contribution in [-0.4, -0.2) is 18.4 Å². The molecule has 23 heavy (non-hydrogen) atoms. The highest BCUT2D eigenvalue weighted by Gasteiger charge is 2.21. The van der Waals surface area contributed by atoms with Crippen LogP contribution in [0.4, 0.5) is 15.8 Å². The fourth-order valence-electron chi connectivity index (χ4n) is 2.64. The van der Waals surface area contributed by atoms with E-state index in [0.717, 1.165) is 17.7 Å². The van der Waals surface area contributed by atoms with Gasteiger partial charge in [-0.05, 0) is 55.3 Å². The quantitative estimate of drug-likeness (QED) is 0.943. The van der Waals surface area contributed by atoms with Crippen molar-refractivity contribution in [1.29, 1.82) is 0 Å². The summed E-state index contributed by atoms with van der Waals surface area (Å²) in [5, 5.41) is 2.71. The number of carbonyl (C=O) groups is 2. The normalized spacial score (nSPS) is 14.2. The fourth-order valence-corrected chi connectivity index (χ4v) is 2.64. The Balaban J connectivity index is 1.75. The highest BCUT2D eigenvalue weighted by Crippen LogP contribution is 2.22. The number of rotatable bonds is 3. The largest absolute Gasteiger partial charge is 0.322 e. The molecule has 1 N–H and O–H groups in total. The Morgan fingerprint density at radius 3 is 2.57 bits per heavy atom. The summed E-state index contributed by atoms with van der Waals surface area (Å²) in [6.45, 7) is 2.52. The van der Waals surface area contributed by atoms with E-state index >= 15 is 0 Å². The second-order valence-electron chi connectivity index (χ2n) is 5.61. The first-order valence-corrected chi connectivity index (χ1v) is 7.52. The second-order valence-corrected chi connectivity index (χ2v) is 5.61. The van der Waals surface area contributed by atoms with E-state index in [1.807, 2.05) is 0 Å². The highest BCUT2D eigenvalue weighted by molar-refractivity contribution is 6.05. The third-order valence-corrected chi connectivity index (χ3v) is 3.96. The standard InChI is InChI=1S/C18H17FN2O2/c1-12-4-7-14(19)11-16(12)20-18(23)13-5-8-15(9-6-13)21-10-2-3-17(21)22/h4-9,11H,2-3,10H2,1H3,(H,20,23). The monoisotopic (exact) mass is 312 g/mol. The van der Waals surface area contributed by atoms with Gasteiger partial charge in [0.1, 0.15) is 5.82 Å². The van der Waals surface area contributed by atoms with Crippen LogP contribution in [0, 0.1) is 12.7 Å². The molecule has 0 aromatic heterocycles. The van der Waals surface area contributed by atoms with Crippen LogP contribution >= 0.6 is 0 Å². The zero-order chi connectivity index (χ0) is 16.4. The van der Waals surface area contributed by atoms with Gasteiger partial charge in [0, 0.05) is 29.9 Å². The SMILES string of the molecule is Cc1ccc(F)cc1NC(=O)c1ccc(N2CCCC2=O)cc1. The van der Waals surface area contributed by atoms with Gasteiger partial charge in [-0.2, -0.15) is 0 Å². The lowest BCUT2D eigenvalue weighted by molar-refractivity contribution is -0.117. The molecule has 1 saturated heterocycles. The van der Waals surface area contributed by atoms with Crippen molar-refractivity contribution >= 4 is 23.2 Å². The molecule has 1 heterocycles. The maximum Gasteiger partial charge on any atom is 0.255 e. The van der Waals surface area contributed by atoms with E-state index in [0.29, 0.717) is 24.2 Å². The molecule has 0 radical (unpaired) electrons. The number of nitrogens with zero attached hydrogens (tertiary/aromatic N) is 1. The third kappa shape index (κ3) is 3.23. The zero-order valence-corrected chi connectivity index (χ0v) is 12.8. The minimum atomic E-state index is -0.395.